The van der Waals surface area contributed by atoms with E-state index in [0.717, 1.165) is 6.07 Å². The second-order valence-electron chi connectivity index (χ2n) is 5.11. The normalized spacial score (nSPS) is 12.4. The third-order valence-electron chi connectivity index (χ3n) is 2.02. The van der Waals surface area contributed by atoms with Crippen molar-refractivity contribution in [2.45, 2.75) is 25.7 Å². The summed E-state index contributed by atoms with van der Waals surface area (Å²) >= 11 is 0. The highest BCUT2D eigenvalue weighted by atomic mass is 32.2. The molecule has 0 bridgehead atoms. The van der Waals surface area contributed by atoms with Gasteiger partial charge in [0, 0.05) is 0 Å². The van der Waals surface area contributed by atoms with Crippen LogP contribution in [0, 0.1) is 5.41 Å². The molecular weight excluding hydrogens is 256 g/mol. The Balaban J connectivity index is 2.99. The van der Waals surface area contributed by atoms with Gasteiger partial charge in [-0.1, -0.05) is 26.8 Å². The highest BCUT2D eigenvalue weighted by Crippen LogP contribution is 2.19. The molecule has 5 nitrogen and oxygen atoms in total. The monoisotopic (exact) mass is 272 g/mol. The number of carboxylic acid groups (broad SMARTS) is 1. The molecule has 0 aliphatic carbocycles. The van der Waals surface area contributed by atoms with Gasteiger partial charge in [-0.25, -0.2) is 4.79 Å². The minimum absolute atomic E-state index is 0.0344. The molecule has 0 aromatic heterocycles. The average Bonchev–Trinajstić information content (AvgIpc) is 2.26. The van der Waals surface area contributed by atoms with E-state index in [1.54, 1.807) is 0 Å². The first-order chi connectivity index (χ1) is 8.12. The average molecular weight is 272 g/mol. The lowest BCUT2D eigenvalue weighted by atomic mass is 9.99. The molecule has 0 saturated heterocycles. The molecule has 0 saturated carbocycles. The standard InChI is InChI=1S/C12H16O5S/c1-12(2,3)8-17-18(15,16)10-6-4-5-9(7-10)11(13)14/h4-7H,8H2,1-3H3,(H,13,14). The molecule has 0 atom stereocenters. The summed E-state index contributed by atoms with van der Waals surface area (Å²) in [5.74, 6) is -1.18. The first-order valence-corrected chi connectivity index (χ1v) is 6.75. The predicted molar refractivity (Wildman–Crippen MR) is 66.0 cm³/mol. The van der Waals surface area contributed by atoms with Crippen LogP contribution in [0.1, 0.15) is 31.1 Å². The van der Waals surface area contributed by atoms with Gasteiger partial charge in [-0.15, -0.1) is 0 Å². The molecule has 0 aliphatic heterocycles. The zero-order valence-electron chi connectivity index (χ0n) is 10.5. The van der Waals surface area contributed by atoms with Gasteiger partial charge in [-0.3, -0.25) is 4.18 Å². The summed E-state index contributed by atoms with van der Waals surface area (Å²) in [7, 11) is -3.91. The summed E-state index contributed by atoms with van der Waals surface area (Å²) in [6, 6.07) is 5.09. The third kappa shape index (κ3) is 4.12. The van der Waals surface area contributed by atoms with Crippen molar-refractivity contribution in [3.63, 3.8) is 0 Å². The lowest BCUT2D eigenvalue weighted by molar-refractivity contribution is 0.0696. The maximum Gasteiger partial charge on any atom is 0.335 e. The summed E-state index contributed by atoms with van der Waals surface area (Å²) in [6.07, 6.45) is 0. The maximum atomic E-state index is 11.8. The largest absolute Gasteiger partial charge is 0.478 e. The Bertz CT molecular complexity index is 540. The molecule has 1 N–H and O–H groups in total. The SMILES string of the molecule is CC(C)(C)COS(=O)(=O)c1cccc(C(=O)O)c1. The summed E-state index contributed by atoms with van der Waals surface area (Å²) in [5, 5.41) is 8.80. The number of carboxylic acids is 1. The van der Waals surface area contributed by atoms with Crippen LogP contribution in [0.5, 0.6) is 0 Å². The topological polar surface area (TPSA) is 80.7 Å². The van der Waals surface area contributed by atoms with Crippen molar-refractivity contribution < 1.29 is 22.5 Å². The minimum atomic E-state index is -3.91. The molecule has 0 heterocycles. The van der Waals surface area contributed by atoms with Crippen LogP contribution in [0.25, 0.3) is 0 Å². The van der Waals surface area contributed by atoms with Crippen molar-refractivity contribution >= 4 is 16.1 Å². The summed E-state index contributed by atoms with van der Waals surface area (Å²) < 4.78 is 28.6. The molecule has 0 spiro atoms. The van der Waals surface area contributed by atoms with E-state index in [0.29, 0.717) is 0 Å². The molecule has 0 amide bonds. The van der Waals surface area contributed by atoms with Crippen LogP contribution < -0.4 is 0 Å². The fourth-order valence-electron chi connectivity index (χ4n) is 1.11. The van der Waals surface area contributed by atoms with E-state index >= 15 is 0 Å². The van der Waals surface area contributed by atoms with Crippen molar-refractivity contribution in [3.05, 3.63) is 29.8 Å². The predicted octanol–water partition coefficient (Wildman–Crippen LogP) is 2.14. The number of rotatable bonds is 4. The molecular formula is C12H16O5S. The summed E-state index contributed by atoms with van der Waals surface area (Å²) in [4.78, 5) is 10.6. The van der Waals surface area contributed by atoms with Crippen LogP contribution >= 0.6 is 0 Å². The van der Waals surface area contributed by atoms with Crippen molar-refractivity contribution in [1.82, 2.24) is 0 Å². The van der Waals surface area contributed by atoms with Crippen LogP contribution in [0.15, 0.2) is 29.2 Å². The molecule has 100 valence electrons. The van der Waals surface area contributed by atoms with Crippen LogP contribution in [-0.4, -0.2) is 26.1 Å². The van der Waals surface area contributed by atoms with Gasteiger partial charge in [0.15, 0.2) is 0 Å². The van der Waals surface area contributed by atoms with E-state index in [2.05, 4.69) is 0 Å². The van der Waals surface area contributed by atoms with E-state index in [-0.39, 0.29) is 22.5 Å². The van der Waals surface area contributed by atoms with E-state index in [4.69, 9.17) is 9.29 Å². The highest BCUT2D eigenvalue weighted by Gasteiger charge is 2.21. The summed E-state index contributed by atoms with van der Waals surface area (Å²) in [6.45, 7) is 5.56. The van der Waals surface area contributed by atoms with Crippen LogP contribution in [0.2, 0.25) is 0 Å². The second-order valence-corrected chi connectivity index (χ2v) is 6.73. The number of benzene rings is 1. The van der Waals surface area contributed by atoms with Gasteiger partial charge in [-0.05, 0) is 23.6 Å². The molecule has 0 fully saturated rings. The Labute approximate surface area is 107 Å². The van der Waals surface area contributed by atoms with Crippen molar-refractivity contribution in [3.8, 4) is 0 Å². The Morgan fingerprint density at radius 3 is 2.44 bits per heavy atom. The third-order valence-corrected chi connectivity index (χ3v) is 3.28. The number of aromatic carboxylic acids is 1. The fourth-order valence-corrected chi connectivity index (χ4v) is 2.27. The molecule has 1 aromatic carbocycles. The van der Waals surface area contributed by atoms with Crippen LogP contribution in [0.4, 0.5) is 0 Å². The van der Waals surface area contributed by atoms with Crippen LogP contribution in [-0.2, 0) is 14.3 Å². The van der Waals surface area contributed by atoms with E-state index in [1.807, 2.05) is 20.8 Å². The second kappa shape index (κ2) is 5.07. The van der Waals surface area contributed by atoms with Gasteiger partial charge < -0.3 is 5.11 Å². The van der Waals surface area contributed by atoms with Gasteiger partial charge in [0.2, 0.25) is 0 Å². The van der Waals surface area contributed by atoms with E-state index in [9.17, 15) is 13.2 Å². The summed E-state index contributed by atoms with van der Waals surface area (Å²) in [5.41, 5.74) is -0.382. The van der Waals surface area contributed by atoms with E-state index < -0.39 is 16.1 Å². The first-order valence-electron chi connectivity index (χ1n) is 5.35. The quantitative estimate of drug-likeness (QED) is 0.849. The maximum absolute atomic E-state index is 11.8. The van der Waals surface area contributed by atoms with E-state index in [1.165, 1.54) is 18.2 Å². The lowest BCUT2D eigenvalue weighted by Gasteiger charge is -2.17. The van der Waals surface area contributed by atoms with Gasteiger partial charge in [0.25, 0.3) is 10.1 Å². The Hall–Kier alpha value is -1.40. The first kappa shape index (κ1) is 14.7. The molecule has 0 radical (unpaired) electrons. The molecule has 6 heteroatoms. The van der Waals surface area contributed by atoms with Gasteiger partial charge in [0.05, 0.1) is 17.1 Å². The number of hydrogen-bond donors (Lipinski definition) is 1. The Kier molecular flexibility index (Phi) is 4.13. The molecule has 18 heavy (non-hydrogen) atoms. The minimum Gasteiger partial charge on any atom is -0.478 e. The fraction of sp³-hybridized carbons (Fsp3) is 0.417. The van der Waals surface area contributed by atoms with Crippen LogP contribution in [0.3, 0.4) is 0 Å². The molecule has 1 aromatic rings. The molecule has 1 rings (SSSR count). The Morgan fingerprint density at radius 2 is 1.94 bits per heavy atom. The highest BCUT2D eigenvalue weighted by molar-refractivity contribution is 7.86. The van der Waals surface area contributed by atoms with Crippen molar-refractivity contribution in [1.29, 1.82) is 0 Å². The number of hydrogen-bond acceptors (Lipinski definition) is 4. The van der Waals surface area contributed by atoms with Crippen molar-refractivity contribution in [2.75, 3.05) is 6.61 Å². The molecule has 0 unspecified atom stereocenters. The van der Waals surface area contributed by atoms with Gasteiger partial charge in [0.1, 0.15) is 0 Å². The number of carbonyl (C=O) groups is 1. The zero-order valence-corrected chi connectivity index (χ0v) is 11.3. The lowest BCUT2D eigenvalue weighted by Crippen LogP contribution is -2.19. The van der Waals surface area contributed by atoms with Gasteiger partial charge >= 0.3 is 5.97 Å². The Morgan fingerprint density at radius 1 is 1.33 bits per heavy atom. The smallest absolute Gasteiger partial charge is 0.335 e. The van der Waals surface area contributed by atoms with Gasteiger partial charge in [-0.2, -0.15) is 8.42 Å². The molecule has 0 aliphatic rings. The zero-order chi connectivity index (χ0) is 14.0. The van der Waals surface area contributed by atoms with Crippen molar-refractivity contribution in [2.24, 2.45) is 5.41 Å².